The molecule has 2 heterocycles. The monoisotopic (exact) mass is 337 g/mol. The number of carbonyl (C=O) groups is 1. The molecule has 4 rings (SSSR count). The first-order valence-corrected chi connectivity index (χ1v) is 7.94. The Bertz CT molecular complexity index is 874. The number of aromatic nitrogens is 4. The van der Waals surface area contributed by atoms with E-state index in [1.165, 1.54) is 10.9 Å². The van der Waals surface area contributed by atoms with Crippen LogP contribution in [0.3, 0.4) is 0 Å². The molecule has 2 N–H and O–H groups in total. The minimum absolute atomic E-state index is 0.0518. The largest absolute Gasteiger partial charge is 0.349 e. The molecule has 2 aliphatic rings. The van der Waals surface area contributed by atoms with E-state index < -0.39 is 23.7 Å². The van der Waals surface area contributed by atoms with Gasteiger partial charge in [0, 0.05) is 24.8 Å². The lowest BCUT2D eigenvalue weighted by molar-refractivity contribution is -0.126. The molecular weight excluding hydrogens is 320 g/mol. The second-order valence-corrected chi connectivity index (χ2v) is 6.63. The number of H-pyrrole nitrogens is 1. The number of carbonyl (C=O) groups excluding carboxylic acids is 1. The summed E-state index contributed by atoms with van der Waals surface area (Å²) in [6.07, 6.45) is 2.53. The minimum Gasteiger partial charge on any atom is -0.349 e. The van der Waals surface area contributed by atoms with Crippen LogP contribution in [-0.4, -0.2) is 31.6 Å². The number of alkyl halides is 2. The quantitative estimate of drug-likeness (QED) is 0.872. The number of nitrogens with zero attached hydrogens (tertiary/aromatic N) is 3. The maximum Gasteiger partial charge on any atom is 0.262 e. The van der Waals surface area contributed by atoms with Crippen LogP contribution in [-0.2, 0) is 18.4 Å². The van der Waals surface area contributed by atoms with Crippen LogP contribution >= 0.6 is 0 Å². The maximum absolute atomic E-state index is 13.4. The zero-order chi connectivity index (χ0) is 17.1. The summed E-state index contributed by atoms with van der Waals surface area (Å²) in [5.74, 6) is -4.12. The highest BCUT2D eigenvalue weighted by Crippen LogP contribution is 2.63. The molecule has 0 unspecified atom stereocenters. The van der Waals surface area contributed by atoms with Crippen molar-refractivity contribution in [3.63, 3.8) is 0 Å². The van der Waals surface area contributed by atoms with E-state index in [9.17, 15) is 18.4 Å². The molecule has 2 fully saturated rings. The molecule has 2 aromatic rings. The van der Waals surface area contributed by atoms with Crippen molar-refractivity contribution >= 4 is 16.9 Å². The molecule has 128 valence electrons. The summed E-state index contributed by atoms with van der Waals surface area (Å²) < 4.78 is 28.3. The number of aryl methyl sites for hydroxylation is 1. The van der Waals surface area contributed by atoms with Crippen molar-refractivity contribution in [2.24, 2.45) is 24.8 Å². The molecule has 9 heteroatoms. The van der Waals surface area contributed by atoms with Crippen molar-refractivity contribution in [1.29, 1.82) is 0 Å². The Kier molecular flexibility index (Phi) is 3.23. The molecule has 3 atom stereocenters. The van der Waals surface area contributed by atoms with Crippen LogP contribution in [0.15, 0.2) is 11.0 Å². The molecular formula is C15H17F2N5O2. The Morgan fingerprint density at radius 1 is 1.46 bits per heavy atom. The maximum atomic E-state index is 13.4. The average molecular weight is 337 g/mol. The predicted molar refractivity (Wildman–Crippen MR) is 80.2 cm³/mol. The second kappa shape index (κ2) is 5.09. The lowest BCUT2D eigenvalue weighted by Gasteiger charge is -2.19. The van der Waals surface area contributed by atoms with Crippen LogP contribution in [0.1, 0.15) is 25.1 Å². The molecule has 2 aliphatic carbocycles. The molecule has 2 aromatic heterocycles. The summed E-state index contributed by atoms with van der Waals surface area (Å²) in [7, 11) is 1.67. The van der Waals surface area contributed by atoms with Gasteiger partial charge in [0.15, 0.2) is 5.65 Å². The Labute approximate surface area is 135 Å². The summed E-state index contributed by atoms with van der Waals surface area (Å²) in [5, 5.41) is 7.04. The molecule has 2 saturated carbocycles. The SMILES string of the molecule is Cn1ncc2c(=O)[nH]c(CNC(=O)[C@@H]3CC[C@H]4[C@@H](C3)C4(F)F)nc21. The summed E-state index contributed by atoms with van der Waals surface area (Å²) in [5.41, 5.74) is 0.108. The van der Waals surface area contributed by atoms with Gasteiger partial charge in [0.2, 0.25) is 5.91 Å². The zero-order valence-corrected chi connectivity index (χ0v) is 13.1. The Morgan fingerprint density at radius 2 is 2.25 bits per heavy atom. The molecule has 7 nitrogen and oxygen atoms in total. The van der Waals surface area contributed by atoms with Gasteiger partial charge in [-0.25, -0.2) is 13.8 Å². The average Bonchev–Trinajstić information content (AvgIpc) is 2.90. The number of nitrogens with one attached hydrogen (secondary N) is 2. The van der Waals surface area contributed by atoms with Gasteiger partial charge in [0.1, 0.15) is 11.2 Å². The number of hydrogen-bond acceptors (Lipinski definition) is 4. The first kappa shape index (κ1) is 15.2. The lowest BCUT2D eigenvalue weighted by atomic mass is 9.89. The first-order chi connectivity index (χ1) is 11.4. The summed E-state index contributed by atoms with van der Waals surface area (Å²) in [6, 6.07) is 0. The van der Waals surface area contributed by atoms with Crippen LogP contribution in [0, 0.1) is 17.8 Å². The highest BCUT2D eigenvalue weighted by molar-refractivity contribution is 5.79. The third kappa shape index (κ3) is 2.30. The number of hydrogen-bond donors (Lipinski definition) is 2. The highest BCUT2D eigenvalue weighted by atomic mass is 19.3. The van der Waals surface area contributed by atoms with Crippen LogP contribution in [0.25, 0.3) is 11.0 Å². The molecule has 24 heavy (non-hydrogen) atoms. The van der Waals surface area contributed by atoms with E-state index in [1.54, 1.807) is 7.05 Å². The first-order valence-electron chi connectivity index (χ1n) is 7.94. The van der Waals surface area contributed by atoms with E-state index in [0.29, 0.717) is 29.7 Å². The van der Waals surface area contributed by atoms with E-state index in [1.807, 2.05) is 0 Å². The number of amides is 1. The van der Waals surface area contributed by atoms with Crippen molar-refractivity contribution < 1.29 is 13.6 Å². The zero-order valence-electron chi connectivity index (χ0n) is 13.1. The molecule has 0 aliphatic heterocycles. The van der Waals surface area contributed by atoms with Crippen LogP contribution in [0.5, 0.6) is 0 Å². The van der Waals surface area contributed by atoms with Crippen molar-refractivity contribution in [2.45, 2.75) is 31.7 Å². The van der Waals surface area contributed by atoms with Crippen LogP contribution in [0.4, 0.5) is 8.78 Å². The van der Waals surface area contributed by atoms with E-state index in [0.717, 1.165) is 0 Å². The Balaban J connectivity index is 1.43. The summed E-state index contributed by atoms with van der Waals surface area (Å²) in [4.78, 5) is 31.0. The Hall–Kier alpha value is -2.32. The van der Waals surface area contributed by atoms with Gasteiger partial charge < -0.3 is 10.3 Å². The third-order valence-electron chi connectivity index (χ3n) is 5.18. The van der Waals surface area contributed by atoms with E-state index >= 15 is 0 Å². The van der Waals surface area contributed by atoms with Gasteiger partial charge >= 0.3 is 0 Å². The van der Waals surface area contributed by atoms with Crippen molar-refractivity contribution in [3.8, 4) is 0 Å². The predicted octanol–water partition coefficient (Wildman–Crippen LogP) is 0.954. The minimum atomic E-state index is -2.59. The number of halogens is 2. The fourth-order valence-electron chi connectivity index (χ4n) is 3.70. The smallest absolute Gasteiger partial charge is 0.262 e. The molecule has 0 radical (unpaired) electrons. The molecule has 0 bridgehead atoms. The van der Waals surface area contributed by atoms with Gasteiger partial charge in [-0.2, -0.15) is 5.10 Å². The van der Waals surface area contributed by atoms with Gasteiger partial charge in [-0.1, -0.05) is 0 Å². The number of rotatable bonds is 3. The molecule has 0 aromatic carbocycles. The second-order valence-electron chi connectivity index (χ2n) is 6.63. The third-order valence-corrected chi connectivity index (χ3v) is 5.18. The van der Waals surface area contributed by atoms with E-state index in [-0.39, 0.29) is 24.4 Å². The topological polar surface area (TPSA) is 92.7 Å². The normalized spacial score (nSPS) is 27.7. The van der Waals surface area contributed by atoms with Gasteiger partial charge in [0.25, 0.3) is 11.5 Å². The summed E-state index contributed by atoms with van der Waals surface area (Å²) >= 11 is 0. The van der Waals surface area contributed by atoms with Crippen molar-refractivity contribution in [3.05, 3.63) is 22.4 Å². The van der Waals surface area contributed by atoms with E-state index in [4.69, 9.17) is 0 Å². The van der Waals surface area contributed by atoms with E-state index in [2.05, 4.69) is 20.4 Å². The molecule has 0 spiro atoms. The van der Waals surface area contributed by atoms with Crippen LogP contribution in [0.2, 0.25) is 0 Å². The van der Waals surface area contributed by atoms with Gasteiger partial charge in [0.05, 0.1) is 12.7 Å². The van der Waals surface area contributed by atoms with Crippen LogP contribution < -0.4 is 10.9 Å². The fraction of sp³-hybridized carbons (Fsp3) is 0.600. The number of aromatic amines is 1. The molecule has 0 saturated heterocycles. The van der Waals surface area contributed by atoms with Gasteiger partial charge in [-0.05, 0) is 19.3 Å². The van der Waals surface area contributed by atoms with Crippen molar-refractivity contribution in [1.82, 2.24) is 25.1 Å². The van der Waals surface area contributed by atoms with Gasteiger partial charge in [-0.15, -0.1) is 0 Å². The van der Waals surface area contributed by atoms with Crippen molar-refractivity contribution in [2.75, 3.05) is 0 Å². The standard InChI is InChI=1S/C15H17F2N5O2/c1-22-12-8(5-19-22)14(24)21-11(20-12)6-18-13(23)7-2-3-9-10(4-7)15(9,16)17/h5,7,9-10H,2-4,6H2,1H3,(H,18,23)(H,20,21,24)/t7-,9+,10-/m1/s1. The highest BCUT2D eigenvalue weighted by Gasteiger charge is 2.69. The fourth-order valence-corrected chi connectivity index (χ4v) is 3.70. The number of fused-ring (bicyclic) bond motifs is 2. The molecule has 1 amide bonds. The lowest BCUT2D eigenvalue weighted by Crippen LogP contribution is -2.33. The summed E-state index contributed by atoms with van der Waals surface area (Å²) in [6.45, 7) is 0.0518. The Morgan fingerprint density at radius 3 is 3.00 bits per heavy atom. The van der Waals surface area contributed by atoms with Gasteiger partial charge in [-0.3, -0.25) is 14.3 Å².